The van der Waals surface area contributed by atoms with Gasteiger partial charge in [0, 0.05) is 6.04 Å². The Labute approximate surface area is 114 Å². The molecule has 2 saturated carbocycles. The molecule has 2 fully saturated rings. The minimum Gasteiger partial charge on any atom is -0.353 e. The van der Waals surface area contributed by atoms with Gasteiger partial charge in [-0.2, -0.15) is 0 Å². The zero-order valence-electron chi connectivity index (χ0n) is 9.85. The maximum absolute atomic E-state index is 12.2. The molecule has 0 heterocycles. The summed E-state index contributed by atoms with van der Waals surface area (Å²) in [4.78, 5) is 12.2. The number of hydrogen-bond acceptors (Lipinski definition) is 1. The summed E-state index contributed by atoms with van der Waals surface area (Å²) in [6.07, 6.45) is 5.81. The minimum absolute atomic E-state index is 0.172. The molecule has 0 bridgehead atoms. The third-order valence-electron chi connectivity index (χ3n) is 4.19. The van der Waals surface area contributed by atoms with Crippen LogP contribution in [0.15, 0.2) is 0 Å². The van der Waals surface area contributed by atoms with E-state index in [2.05, 4.69) is 44.1 Å². The summed E-state index contributed by atoms with van der Waals surface area (Å²) in [6.45, 7) is 4.26. The molecule has 16 heavy (non-hydrogen) atoms. The zero-order chi connectivity index (χ0) is 12.0. The molecule has 2 nitrogen and oxygen atoms in total. The van der Waals surface area contributed by atoms with Crippen LogP contribution in [0.3, 0.4) is 0 Å². The van der Waals surface area contributed by atoms with Gasteiger partial charge in [0.15, 0.2) is 0 Å². The molecule has 0 unspecified atom stereocenters. The highest BCUT2D eigenvalue weighted by Gasteiger charge is 2.66. The number of rotatable bonds is 2. The van der Waals surface area contributed by atoms with Crippen LogP contribution in [0, 0.1) is 11.3 Å². The highest BCUT2D eigenvalue weighted by molar-refractivity contribution is 9.25. The average Bonchev–Trinajstić information content (AvgIpc) is 2.71. The molecular formula is C12H19Br2NO. The van der Waals surface area contributed by atoms with Crippen molar-refractivity contribution in [3.63, 3.8) is 0 Å². The first-order valence-electron chi connectivity index (χ1n) is 6.06. The zero-order valence-corrected chi connectivity index (χ0v) is 13.0. The predicted molar refractivity (Wildman–Crippen MR) is 72.9 cm³/mol. The van der Waals surface area contributed by atoms with Gasteiger partial charge in [0.05, 0.1) is 8.65 Å². The van der Waals surface area contributed by atoms with Gasteiger partial charge in [0.1, 0.15) is 0 Å². The van der Waals surface area contributed by atoms with Crippen LogP contribution < -0.4 is 5.32 Å². The first-order chi connectivity index (χ1) is 7.37. The summed E-state index contributed by atoms with van der Waals surface area (Å²) >= 11 is 7.09. The van der Waals surface area contributed by atoms with Crippen LogP contribution in [0.5, 0.6) is 0 Å². The van der Waals surface area contributed by atoms with E-state index in [1.165, 1.54) is 19.3 Å². The summed E-state index contributed by atoms with van der Waals surface area (Å²) in [5.74, 6) is 0.820. The Morgan fingerprint density at radius 2 is 1.88 bits per heavy atom. The van der Waals surface area contributed by atoms with Gasteiger partial charge in [-0.25, -0.2) is 0 Å². The number of carbonyl (C=O) groups is 1. The lowest BCUT2D eigenvalue weighted by molar-refractivity contribution is -0.127. The van der Waals surface area contributed by atoms with Crippen LogP contribution in [-0.2, 0) is 4.79 Å². The maximum atomic E-state index is 12.2. The lowest BCUT2D eigenvalue weighted by Crippen LogP contribution is -2.44. The van der Waals surface area contributed by atoms with E-state index in [0.29, 0.717) is 12.0 Å². The number of alkyl halides is 2. The molecule has 2 aliphatic carbocycles. The molecule has 0 aliphatic heterocycles. The van der Waals surface area contributed by atoms with Crippen LogP contribution in [0.2, 0.25) is 0 Å². The van der Waals surface area contributed by atoms with E-state index in [9.17, 15) is 4.79 Å². The number of amides is 1. The van der Waals surface area contributed by atoms with Crippen LogP contribution in [0.25, 0.3) is 0 Å². The van der Waals surface area contributed by atoms with E-state index in [1.54, 1.807) is 0 Å². The number of nitrogens with one attached hydrogen (secondary N) is 1. The van der Waals surface area contributed by atoms with Gasteiger partial charge in [-0.05, 0) is 32.1 Å². The molecule has 1 N–H and O–H groups in total. The van der Waals surface area contributed by atoms with Gasteiger partial charge >= 0.3 is 0 Å². The smallest absolute Gasteiger partial charge is 0.228 e. The first kappa shape index (κ1) is 12.9. The normalized spacial score (nSPS) is 41.5. The van der Waals surface area contributed by atoms with Crippen molar-refractivity contribution in [2.24, 2.45) is 11.3 Å². The SMILES string of the molecule is C[C@@H]1CCCC[C@@H]1NC(=O)[C@]1(C)CC1(Br)Br. The Bertz CT molecular complexity index is 305. The van der Waals surface area contributed by atoms with Gasteiger partial charge in [0.2, 0.25) is 5.91 Å². The quantitative estimate of drug-likeness (QED) is 0.756. The second-order valence-electron chi connectivity index (χ2n) is 5.56. The number of hydrogen-bond donors (Lipinski definition) is 1. The second-order valence-corrected chi connectivity index (χ2v) is 9.33. The molecule has 2 rings (SSSR count). The van der Waals surface area contributed by atoms with Crippen molar-refractivity contribution in [3.8, 4) is 0 Å². The van der Waals surface area contributed by atoms with Crippen molar-refractivity contribution in [2.75, 3.05) is 0 Å². The average molecular weight is 353 g/mol. The van der Waals surface area contributed by atoms with E-state index in [1.807, 2.05) is 6.92 Å². The monoisotopic (exact) mass is 351 g/mol. The molecule has 4 heteroatoms. The molecule has 0 radical (unpaired) electrons. The fourth-order valence-electron chi connectivity index (χ4n) is 2.50. The third-order valence-corrected chi connectivity index (χ3v) is 6.50. The molecule has 0 aromatic carbocycles. The maximum Gasteiger partial charge on any atom is 0.228 e. The Morgan fingerprint density at radius 1 is 1.31 bits per heavy atom. The van der Waals surface area contributed by atoms with E-state index in [4.69, 9.17) is 0 Å². The van der Waals surface area contributed by atoms with Crippen LogP contribution >= 0.6 is 31.9 Å². The Morgan fingerprint density at radius 3 is 2.38 bits per heavy atom. The van der Waals surface area contributed by atoms with Crippen LogP contribution in [-0.4, -0.2) is 15.2 Å². The summed E-state index contributed by atoms with van der Waals surface area (Å²) in [7, 11) is 0. The molecule has 3 atom stereocenters. The summed E-state index contributed by atoms with van der Waals surface area (Å²) in [6, 6.07) is 0.384. The van der Waals surface area contributed by atoms with Crippen molar-refractivity contribution in [3.05, 3.63) is 0 Å². The molecule has 0 aromatic heterocycles. The fourth-order valence-corrected chi connectivity index (χ4v) is 3.99. The topological polar surface area (TPSA) is 29.1 Å². The predicted octanol–water partition coefficient (Wildman–Crippen LogP) is 3.58. The molecule has 0 aromatic rings. The Hall–Kier alpha value is 0.430. The van der Waals surface area contributed by atoms with Crippen molar-refractivity contribution >= 4 is 37.8 Å². The molecule has 1 amide bonds. The van der Waals surface area contributed by atoms with Crippen molar-refractivity contribution < 1.29 is 4.79 Å². The molecule has 2 aliphatic rings. The van der Waals surface area contributed by atoms with Gasteiger partial charge < -0.3 is 5.32 Å². The number of carbonyl (C=O) groups excluding carboxylic acids is 1. The van der Waals surface area contributed by atoms with Gasteiger partial charge in [-0.1, -0.05) is 51.6 Å². The van der Waals surface area contributed by atoms with Crippen LogP contribution in [0.4, 0.5) is 0 Å². The van der Waals surface area contributed by atoms with Gasteiger partial charge in [-0.3, -0.25) is 4.79 Å². The summed E-state index contributed by atoms with van der Waals surface area (Å²) in [5, 5.41) is 3.23. The summed E-state index contributed by atoms with van der Waals surface area (Å²) in [5.41, 5.74) is -0.274. The van der Waals surface area contributed by atoms with Crippen LogP contribution in [0.1, 0.15) is 46.0 Å². The minimum atomic E-state index is -0.274. The Kier molecular flexibility index (Phi) is 3.44. The lowest BCUT2D eigenvalue weighted by Gasteiger charge is -2.30. The first-order valence-corrected chi connectivity index (χ1v) is 7.64. The second kappa shape index (κ2) is 4.27. The fraction of sp³-hybridized carbons (Fsp3) is 0.917. The highest BCUT2D eigenvalue weighted by Crippen LogP contribution is 2.66. The largest absolute Gasteiger partial charge is 0.353 e. The molecular weight excluding hydrogens is 334 g/mol. The van der Waals surface area contributed by atoms with E-state index in [0.717, 1.165) is 12.8 Å². The van der Waals surface area contributed by atoms with E-state index < -0.39 is 0 Å². The third kappa shape index (κ3) is 2.20. The van der Waals surface area contributed by atoms with Gasteiger partial charge in [0.25, 0.3) is 0 Å². The lowest BCUT2D eigenvalue weighted by atomic mass is 9.85. The van der Waals surface area contributed by atoms with Crippen molar-refractivity contribution in [2.45, 2.75) is 55.2 Å². The van der Waals surface area contributed by atoms with E-state index >= 15 is 0 Å². The highest BCUT2D eigenvalue weighted by atomic mass is 79.9. The molecule has 0 saturated heterocycles. The van der Waals surface area contributed by atoms with Crippen molar-refractivity contribution in [1.29, 1.82) is 0 Å². The molecule has 92 valence electrons. The van der Waals surface area contributed by atoms with Gasteiger partial charge in [-0.15, -0.1) is 0 Å². The van der Waals surface area contributed by atoms with E-state index in [-0.39, 0.29) is 14.6 Å². The Balaban J connectivity index is 1.93. The number of halogens is 2. The summed E-state index contributed by atoms with van der Waals surface area (Å²) < 4.78 is -0.172. The van der Waals surface area contributed by atoms with Crippen molar-refractivity contribution in [1.82, 2.24) is 5.32 Å². The standard InChI is InChI=1S/C12H19Br2NO/c1-8-5-3-4-6-9(8)15-10(16)11(2)7-12(11,13)14/h8-9H,3-7H2,1-2H3,(H,15,16)/t8-,9+,11+/m1/s1. The molecule has 0 spiro atoms.